The Hall–Kier alpha value is -3.09. The third kappa shape index (κ3) is 5.45. The van der Waals surface area contributed by atoms with Crippen LogP contribution in [0.3, 0.4) is 0 Å². The van der Waals surface area contributed by atoms with Gasteiger partial charge < -0.3 is 19.1 Å². The van der Waals surface area contributed by atoms with E-state index in [1.807, 2.05) is 36.4 Å². The molecule has 28 heavy (non-hydrogen) atoms. The molecule has 0 spiro atoms. The van der Waals surface area contributed by atoms with Gasteiger partial charge in [0.25, 0.3) is 0 Å². The van der Waals surface area contributed by atoms with Crippen LogP contribution >= 0.6 is 0 Å². The number of hydrogen-bond donors (Lipinski definition) is 0. The number of pyridine rings is 1. The van der Waals surface area contributed by atoms with Crippen LogP contribution in [0.2, 0.25) is 0 Å². The molecule has 1 aliphatic heterocycles. The van der Waals surface area contributed by atoms with Gasteiger partial charge in [0.15, 0.2) is 11.5 Å². The number of amides is 1. The SMILES string of the molecule is CCOC(=O)CCC(=O)N(CCc1ccccn1)Cc1ccc2c(c1)OCO2. The number of hydrogen-bond acceptors (Lipinski definition) is 6. The Balaban J connectivity index is 1.66. The van der Waals surface area contributed by atoms with Crippen LogP contribution in [0, 0.1) is 0 Å². The Morgan fingerprint density at radius 3 is 2.79 bits per heavy atom. The van der Waals surface area contributed by atoms with Crippen molar-refractivity contribution in [3.63, 3.8) is 0 Å². The molecule has 0 bridgehead atoms. The molecule has 0 saturated heterocycles. The number of aromatic nitrogens is 1. The molecule has 2 heterocycles. The van der Waals surface area contributed by atoms with E-state index < -0.39 is 0 Å². The van der Waals surface area contributed by atoms with E-state index in [9.17, 15) is 9.59 Å². The molecule has 7 nitrogen and oxygen atoms in total. The van der Waals surface area contributed by atoms with Crippen LogP contribution in [0.15, 0.2) is 42.6 Å². The van der Waals surface area contributed by atoms with Crippen molar-refractivity contribution in [2.45, 2.75) is 32.7 Å². The Bertz CT molecular complexity index is 810. The van der Waals surface area contributed by atoms with Crippen LogP contribution in [-0.2, 0) is 27.3 Å². The summed E-state index contributed by atoms with van der Waals surface area (Å²) in [6.45, 7) is 3.20. The lowest BCUT2D eigenvalue weighted by atomic mass is 10.1. The molecule has 0 radical (unpaired) electrons. The summed E-state index contributed by atoms with van der Waals surface area (Å²) in [6.07, 6.45) is 2.57. The smallest absolute Gasteiger partial charge is 0.306 e. The predicted octanol–water partition coefficient (Wildman–Crippen LogP) is 2.72. The fraction of sp³-hybridized carbons (Fsp3) is 0.381. The summed E-state index contributed by atoms with van der Waals surface area (Å²) >= 11 is 0. The van der Waals surface area contributed by atoms with Gasteiger partial charge in [-0.3, -0.25) is 14.6 Å². The van der Waals surface area contributed by atoms with Crippen molar-refractivity contribution in [3.8, 4) is 11.5 Å². The van der Waals surface area contributed by atoms with E-state index in [2.05, 4.69) is 4.98 Å². The molecule has 0 fully saturated rings. The van der Waals surface area contributed by atoms with Crippen molar-refractivity contribution in [2.75, 3.05) is 19.9 Å². The van der Waals surface area contributed by atoms with E-state index in [0.29, 0.717) is 37.6 Å². The van der Waals surface area contributed by atoms with E-state index in [1.54, 1.807) is 18.0 Å². The molecule has 7 heteroatoms. The topological polar surface area (TPSA) is 78.0 Å². The third-order valence-electron chi connectivity index (χ3n) is 4.38. The van der Waals surface area contributed by atoms with E-state index >= 15 is 0 Å². The molecule has 148 valence electrons. The maximum absolute atomic E-state index is 12.8. The zero-order valence-corrected chi connectivity index (χ0v) is 15.9. The molecule has 0 unspecified atom stereocenters. The number of benzene rings is 1. The van der Waals surface area contributed by atoms with E-state index in [4.69, 9.17) is 14.2 Å². The highest BCUT2D eigenvalue weighted by atomic mass is 16.7. The van der Waals surface area contributed by atoms with Gasteiger partial charge in [0.2, 0.25) is 12.7 Å². The minimum Gasteiger partial charge on any atom is -0.466 e. The lowest BCUT2D eigenvalue weighted by Crippen LogP contribution is -2.33. The Morgan fingerprint density at radius 2 is 2.00 bits per heavy atom. The van der Waals surface area contributed by atoms with Gasteiger partial charge in [0, 0.05) is 37.8 Å². The van der Waals surface area contributed by atoms with Gasteiger partial charge in [0.1, 0.15) is 0 Å². The largest absolute Gasteiger partial charge is 0.466 e. The molecule has 0 N–H and O–H groups in total. The number of carbonyl (C=O) groups is 2. The van der Waals surface area contributed by atoms with Crippen LogP contribution in [0.25, 0.3) is 0 Å². The molecule has 0 saturated carbocycles. The van der Waals surface area contributed by atoms with Gasteiger partial charge in [-0.2, -0.15) is 0 Å². The van der Waals surface area contributed by atoms with Gasteiger partial charge in [-0.05, 0) is 36.8 Å². The summed E-state index contributed by atoms with van der Waals surface area (Å²) in [4.78, 5) is 30.4. The summed E-state index contributed by atoms with van der Waals surface area (Å²) in [7, 11) is 0. The number of ether oxygens (including phenoxy) is 3. The fourth-order valence-corrected chi connectivity index (χ4v) is 2.95. The van der Waals surface area contributed by atoms with Crippen molar-refractivity contribution in [1.29, 1.82) is 0 Å². The summed E-state index contributed by atoms with van der Waals surface area (Å²) < 4.78 is 15.7. The lowest BCUT2D eigenvalue weighted by Gasteiger charge is -2.23. The van der Waals surface area contributed by atoms with Crippen LogP contribution in [0.1, 0.15) is 31.0 Å². The van der Waals surface area contributed by atoms with Crippen LogP contribution < -0.4 is 9.47 Å². The molecule has 1 amide bonds. The van der Waals surface area contributed by atoms with Gasteiger partial charge in [-0.1, -0.05) is 12.1 Å². The fourth-order valence-electron chi connectivity index (χ4n) is 2.95. The van der Waals surface area contributed by atoms with Crippen molar-refractivity contribution in [2.24, 2.45) is 0 Å². The van der Waals surface area contributed by atoms with E-state index in [-0.39, 0.29) is 31.5 Å². The second-order valence-electron chi connectivity index (χ2n) is 6.38. The van der Waals surface area contributed by atoms with Gasteiger partial charge >= 0.3 is 5.97 Å². The number of rotatable bonds is 9. The molecular weight excluding hydrogens is 360 g/mol. The van der Waals surface area contributed by atoms with Crippen molar-refractivity contribution >= 4 is 11.9 Å². The number of carbonyl (C=O) groups excluding carboxylic acids is 2. The number of fused-ring (bicyclic) bond motifs is 1. The molecule has 0 atom stereocenters. The van der Waals surface area contributed by atoms with Crippen molar-refractivity contribution in [3.05, 3.63) is 53.9 Å². The molecule has 1 aromatic heterocycles. The van der Waals surface area contributed by atoms with Gasteiger partial charge in [-0.15, -0.1) is 0 Å². The van der Waals surface area contributed by atoms with Crippen LogP contribution in [0.5, 0.6) is 11.5 Å². The van der Waals surface area contributed by atoms with Gasteiger partial charge in [-0.25, -0.2) is 0 Å². The first kappa shape index (κ1) is 19.7. The summed E-state index contributed by atoms with van der Waals surface area (Å²) in [5.74, 6) is 0.934. The normalized spacial score (nSPS) is 11.9. The molecule has 0 aliphatic carbocycles. The quantitative estimate of drug-likeness (QED) is 0.619. The first-order valence-electron chi connectivity index (χ1n) is 9.37. The minimum absolute atomic E-state index is 0.0773. The minimum atomic E-state index is -0.358. The summed E-state index contributed by atoms with van der Waals surface area (Å²) in [5, 5.41) is 0. The highest BCUT2D eigenvalue weighted by Crippen LogP contribution is 2.32. The second kappa shape index (κ2) is 9.73. The number of nitrogens with zero attached hydrogens (tertiary/aromatic N) is 2. The maximum atomic E-state index is 12.8. The average molecular weight is 384 g/mol. The zero-order valence-electron chi connectivity index (χ0n) is 15.9. The number of esters is 1. The third-order valence-corrected chi connectivity index (χ3v) is 4.38. The monoisotopic (exact) mass is 384 g/mol. The molecular formula is C21H24N2O5. The first-order valence-corrected chi connectivity index (χ1v) is 9.37. The highest BCUT2D eigenvalue weighted by molar-refractivity contribution is 5.81. The van der Waals surface area contributed by atoms with Crippen LogP contribution in [0.4, 0.5) is 0 Å². The van der Waals surface area contributed by atoms with Crippen LogP contribution in [-0.4, -0.2) is 41.7 Å². The lowest BCUT2D eigenvalue weighted by molar-refractivity contribution is -0.145. The molecule has 1 aromatic carbocycles. The predicted molar refractivity (Wildman–Crippen MR) is 102 cm³/mol. The molecule has 3 rings (SSSR count). The summed E-state index contributed by atoms with van der Waals surface area (Å²) in [6, 6.07) is 11.4. The molecule has 2 aromatic rings. The maximum Gasteiger partial charge on any atom is 0.306 e. The van der Waals surface area contributed by atoms with E-state index in [0.717, 1.165) is 11.3 Å². The van der Waals surface area contributed by atoms with Crippen molar-refractivity contribution < 1.29 is 23.8 Å². The van der Waals surface area contributed by atoms with Crippen molar-refractivity contribution in [1.82, 2.24) is 9.88 Å². The Labute approximate surface area is 164 Å². The average Bonchev–Trinajstić information content (AvgIpc) is 3.18. The summed E-state index contributed by atoms with van der Waals surface area (Å²) in [5.41, 5.74) is 1.85. The standard InChI is InChI=1S/C21H24N2O5/c1-2-26-21(25)9-8-20(24)23(12-10-17-5-3-4-11-22-17)14-16-6-7-18-19(13-16)28-15-27-18/h3-7,11,13H,2,8-10,12,14-15H2,1H3. The zero-order chi connectivity index (χ0) is 19.8. The second-order valence-corrected chi connectivity index (χ2v) is 6.38. The van der Waals surface area contributed by atoms with E-state index in [1.165, 1.54) is 0 Å². The molecule has 1 aliphatic rings. The van der Waals surface area contributed by atoms with Gasteiger partial charge in [0.05, 0.1) is 13.0 Å². The Kier molecular flexibility index (Phi) is 6.84. The highest BCUT2D eigenvalue weighted by Gasteiger charge is 2.19. The Morgan fingerprint density at radius 1 is 1.14 bits per heavy atom. The first-order chi connectivity index (χ1) is 13.7.